The molecule has 20 heavy (non-hydrogen) atoms. The largest absolute Gasteiger partial charge is 0.496 e. The average Bonchev–Trinajstić information content (AvgIpc) is 2.99. The molecule has 0 atom stereocenters. The molecule has 1 saturated carbocycles. The topological polar surface area (TPSA) is 67.8 Å². The van der Waals surface area contributed by atoms with E-state index < -0.39 is 0 Å². The van der Waals surface area contributed by atoms with Gasteiger partial charge in [0, 0.05) is 16.9 Å². The van der Waals surface area contributed by atoms with Crippen LogP contribution >= 0.6 is 11.8 Å². The van der Waals surface area contributed by atoms with Gasteiger partial charge in [0.1, 0.15) is 5.75 Å². The van der Waals surface area contributed by atoms with Gasteiger partial charge in [-0.1, -0.05) is 18.0 Å². The molecular formula is C15H22N2O2S. The molecule has 0 spiro atoms. The van der Waals surface area contributed by atoms with Crippen LogP contribution in [0.15, 0.2) is 23.4 Å². The molecule has 0 aromatic heterocycles. The average molecular weight is 294 g/mol. The van der Waals surface area contributed by atoms with E-state index in [1.165, 1.54) is 31.4 Å². The summed E-state index contributed by atoms with van der Waals surface area (Å²) in [5, 5.41) is 11.8. The molecule has 4 nitrogen and oxygen atoms in total. The molecule has 0 heterocycles. The molecule has 1 aliphatic carbocycles. The minimum atomic E-state index is 0.134. The number of hydrogen-bond donors (Lipinski definition) is 2. The predicted octanol–water partition coefficient (Wildman–Crippen LogP) is 3.21. The van der Waals surface area contributed by atoms with Crippen molar-refractivity contribution in [1.29, 1.82) is 0 Å². The Balaban J connectivity index is 2.00. The molecule has 110 valence electrons. The van der Waals surface area contributed by atoms with Crippen molar-refractivity contribution < 1.29 is 9.94 Å². The summed E-state index contributed by atoms with van der Waals surface area (Å²) < 4.78 is 5.38. The van der Waals surface area contributed by atoms with Gasteiger partial charge in [-0.3, -0.25) is 0 Å². The van der Waals surface area contributed by atoms with Gasteiger partial charge in [-0.25, -0.2) is 0 Å². The predicted molar refractivity (Wildman–Crippen MR) is 83.6 cm³/mol. The summed E-state index contributed by atoms with van der Waals surface area (Å²) >= 11 is 1.94. The van der Waals surface area contributed by atoms with Crippen LogP contribution < -0.4 is 10.5 Å². The maximum absolute atomic E-state index is 8.75. The van der Waals surface area contributed by atoms with E-state index in [1.807, 2.05) is 23.9 Å². The van der Waals surface area contributed by atoms with E-state index in [4.69, 9.17) is 15.7 Å². The second-order valence-corrected chi connectivity index (χ2v) is 6.21. The number of oxime groups is 1. The maximum Gasteiger partial charge on any atom is 0.170 e. The summed E-state index contributed by atoms with van der Waals surface area (Å²) in [7, 11) is 1.67. The van der Waals surface area contributed by atoms with E-state index >= 15 is 0 Å². The third kappa shape index (κ3) is 3.82. The van der Waals surface area contributed by atoms with Gasteiger partial charge in [0.05, 0.1) is 7.11 Å². The van der Waals surface area contributed by atoms with Crippen molar-refractivity contribution in [3.05, 3.63) is 29.3 Å². The number of nitrogens with zero attached hydrogens (tertiary/aromatic N) is 1. The molecule has 3 N–H and O–H groups in total. The van der Waals surface area contributed by atoms with E-state index in [9.17, 15) is 0 Å². The van der Waals surface area contributed by atoms with Gasteiger partial charge in [-0.15, -0.1) is 0 Å². The number of amidine groups is 1. The van der Waals surface area contributed by atoms with Gasteiger partial charge in [-0.05, 0) is 42.7 Å². The Hall–Kier alpha value is -1.36. The number of benzene rings is 1. The summed E-state index contributed by atoms with van der Waals surface area (Å²) in [6.45, 7) is 0. The Morgan fingerprint density at radius 1 is 1.45 bits per heavy atom. The van der Waals surface area contributed by atoms with Gasteiger partial charge in [0.2, 0.25) is 0 Å². The second-order valence-electron chi connectivity index (χ2n) is 5.18. The van der Waals surface area contributed by atoms with E-state index in [0.29, 0.717) is 0 Å². The summed E-state index contributed by atoms with van der Waals surface area (Å²) in [6, 6.07) is 5.62. The van der Waals surface area contributed by atoms with E-state index in [0.717, 1.165) is 28.5 Å². The Morgan fingerprint density at radius 2 is 2.20 bits per heavy atom. The zero-order chi connectivity index (χ0) is 14.4. The number of hydrogen-bond acceptors (Lipinski definition) is 4. The number of rotatable bonds is 6. The molecule has 0 radical (unpaired) electrons. The van der Waals surface area contributed by atoms with Crippen LogP contribution in [0.25, 0.3) is 0 Å². The van der Waals surface area contributed by atoms with Gasteiger partial charge in [0.25, 0.3) is 0 Å². The van der Waals surface area contributed by atoms with Crippen LogP contribution in [-0.4, -0.2) is 23.9 Å². The highest BCUT2D eigenvalue weighted by Gasteiger charge is 2.15. The summed E-state index contributed by atoms with van der Waals surface area (Å²) in [6.07, 6.45) is 5.50. The molecule has 0 unspecified atom stereocenters. The standard InChI is InChI=1S/C15H22N2O2S/c1-19-14-7-6-12(15(16)17-18)8-13(14)10-20-9-11-4-2-3-5-11/h6-8,11,18H,2-5,9-10H2,1H3,(H2,16,17). The van der Waals surface area contributed by atoms with E-state index in [-0.39, 0.29) is 5.84 Å². The number of thioether (sulfide) groups is 1. The van der Waals surface area contributed by atoms with Crippen LogP contribution in [0, 0.1) is 5.92 Å². The number of methoxy groups -OCH3 is 1. The third-order valence-corrected chi connectivity index (χ3v) is 4.99. The van der Waals surface area contributed by atoms with Crippen molar-refractivity contribution in [2.75, 3.05) is 12.9 Å². The fraction of sp³-hybridized carbons (Fsp3) is 0.533. The van der Waals surface area contributed by atoms with E-state index in [2.05, 4.69) is 5.16 Å². The van der Waals surface area contributed by atoms with Gasteiger partial charge in [-0.2, -0.15) is 11.8 Å². The van der Waals surface area contributed by atoms with Crippen molar-refractivity contribution >= 4 is 17.6 Å². The molecule has 2 rings (SSSR count). The molecule has 1 fully saturated rings. The second kappa shape index (κ2) is 7.43. The molecule has 0 saturated heterocycles. The fourth-order valence-electron chi connectivity index (χ4n) is 2.62. The molecule has 1 aliphatic rings. The fourth-order valence-corrected chi connectivity index (χ4v) is 3.85. The molecule has 1 aromatic rings. The lowest BCUT2D eigenvalue weighted by atomic mass is 10.1. The maximum atomic E-state index is 8.75. The lowest BCUT2D eigenvalue weighted by Gasteiger charge is -2.12. The first kappa shape index (κ1) is 15.0. The normalized spacial score (nSPS) is 16.6. The Bertz CT molecular complexity index is 471. The van der Waals surface area contributed by atoms with Crippen molar-refractivity contribution in [3.8, 4) is 5.75 Å². The monoisotopic (exact) mass is 294 g/mol. The molecule has 0 bridgehead atoms. The quantitative estimate of drug-likeness (QED) is 0.366. The zero-order valence-corrected chi connectivity index (χ0v) is 12.7. The lowest BCUT2D eigenvalue weighted by Crippen LogP contribution is -2.13. The lowest BCUT2D eigenvalue weighted by molar-refractivity contribution is 0.318. The number of nitrogens with two attached hydrogens (primary N) is 1. The summed E-state index contributed by atoms with van der Waals surface area (Å²) in [5.74, 6) is 3.97. The number of ether oxygens (including phenoxy) is 1. The minimum absolute atomic E-state index is 0.134. The molecule has 1 aromatic carbocycles. The zero-order valence-electron chi connectivity index (χ0n) is 11.8. The molecule has 0 aliphatic heterocycles. The van der Waals surface area contributed by atoms with Crippen molar-refractivity contribution in [3.63, 3.8) is 0 Å². The first-order valence-corrected chi connectivity index (χ1v) is 8.12. The Morgan fingerprint density at radius 3 is 2.85 bits per heavy atom. The van der Waals surface area contributed by atoms with Crippen LogP contribution in [0.4, 0.5) is 0 Å². The SMILES string of the molecule is COc1ccc(/C(N)=N/O)cc1CSCC1CCCC1. The van der Waals surface area contributed by atoms with Crippen molar-refractivity contribution in [2.45, 2.75) is 31.4 Å². The molecule has 0 amide bonds. The molecular weight excluding hydrogens is 272 g/mol. The van der Waals surface area contributed by atoms with Crippen LogP contribution in [0.5, 0.6) is 5.75 Å². The molecule has 5 heteroatoms. The van der Waals surface area contributed by atoms with Gasteiger partial charge >= 0.3 is 0 Å². The smallest absolute Gasteiger partial charge is 0.170 e. The van der Waals surface area contributed by atoms with Crippen LogP contribution in [0.3, 0.4) is 0 Å². The van der Waals surface area contributed by atoms with Gasteiger partial charge in [0.15, 0.2) is 5.84 Å². The highest BCUT2D eigenvalue weighted by atomic mass is 32.2. The van der Waals surface area contributed by atoms with Crippen LogP contribution in [0.1, 0.15) is 36.8 Å². The van der Waals surface area contributed by atoms with Crippen molar-refractivity contribution in [1.82, 2.24) is 0 Å². The highest BCUT2D eigenvalue weighted by Crippen LogP contribution is 2.31. The van der Waals surface area contributed by atoms with Crippen molar-refractivity contribution in [2.24, 2.45) is 16.8 Å². The summed E-state index contributed by atoms with van der Waals surface area (Å²) in [4.78, 5) is 0. The first-order chi connectivity index (χ1) is 9.74. The van der Waals surface area contributed by atoms with Gasteiger partial charge < -0.3 is 15.7 Å². The van der Waals surface area contributed by atoms with Crippen LogP contribution in [0.2, 0.25) is 0 Å². The Kier molecular flexibility index (Phi) is 5.59. The van der Waals surface area contributed by atoms with E-state index in [1.54, 1.807) is 13.2 Å². The summed E-state index contributed by atoms with van der Waals surface area (Å²) in [5.41, 5.74) is 7.46. The first-order valence-electron chi connectivity index (χ1n) is 6.97. The van der Waals surface area contributed by atoms with Crippen LogP contribution in [-0.2, 0) is 5.75 Å². The Labute approximate surface area is 124 Å². The third-order valence-electron chi connectivity index (χ3n) is 3.77. The minimum Gasteiger partial charge on any atom is -0.496 e. The highest BCUT2D eigenvalue weighted by molar-refractivity contribution is 7.98.